The number of carbonyl (C=O) groups is 2. The first-order chi connectivity index (χ1) is 5.99. The minimum absolute atomic E-state index is 0.0492. The minimum atomic E-state index is -0.740. The van der Waals surface area contributed by atoms with E-state index in [0.29, 0.717) is 0 Å². The molecule has 0 aromatic rings. The van der Waals surface area contributed by atoms with E-state index in [0.717, 1.165) is 0 Å². The molecule has 0 aliphatic rings. The second kappa shape index (κ2) is 5.31. The molecule has 0 aliphatic carbocycles. The highest BCUT2D eigenvalue weighted by Gasteiger charge is 2.14. The number of carbonyl (C=O) groups excluding carboxylic acids is 2. The monoisotopic (exact) mass is 186 g/mol. The number of nitrogens with zero attached hydrogens (tertiary/aromatic N) is 1. The third-order valence-corrected chi connectivity index (χ3v) is 1.23. The molecule has 0 heterocycles. The number of methoxy groups -OCH3 is 1. The maximum Gasteiger partial charge on any atom is 0.253 e. The Morgan fingerprint density at radius 3 is 2.31 bits per heavy atom. The van der Waals surface area contributed by atoms with E-state index in [9.17, 15) is 9.59 Å². The highest BCUT2D eigenvalue weighted by molar-refractivity contribution is 6.19. The van der Waals surface area contributed by atoms with Crippen molar-refractivity contribution in [3.05, 3.63) is 11.8 Å². The third kappa shape index (κ3) is 4.27. The second-order valence-electron chi connectivity index (χ2n) is 2.73. The second-order valence-corrected chi connectivity index (χ2v) is 2.73. The molecule has 0 unspecified atom stereocenters. The minimum Gasteiger partial charge on any atom is -0.383 e. The number of hydrogen-bond donors (Lipinski definition) is 1. The third-order valence-electron chi connectivity index (χ3n) is 1.23. The van der Waals surface area contributed by atoms with Gasteiger partial charge in [-0.25, -0.2) is 0 Å². The maximum atomic E-state index is 11.2. The lowest BCUT2D eigenvalue weighted by Gasteiger charge is -2.07. The van der Waals surface area contributed by atoms with Crippen LogP contribution in [0, 0.1) is 0 Å². The largest absolute Gasteiger partial charge is 0.383 e. The highest BCUT2D eigenvalue weighted by atomic mass is 16.5. The van der Waals surface area contributed by atoms with Crippen LogP contribution in [0.5, 0.6) is 0 Å². The molecule has 0 saturated heterocycles. The maximum absolute atomic E-state index is 11.2. The molecule has 0 aromatic carbocycles. The molecule has 0 spiro atoms. The fourth-order valence-electron chi connectivity index (χ4n) is 0.740. The average molecular weight is 186 g/mol. The van der Waals surface area contributed by atoms with E-state index in [-0.39, 0.29) is 12.2 Å². The number of amides is 1. The van der Waals surface area contributed by atoms with Gasteiger partial charge in [0.25, 0.3) is 5.91 Å². The molecule has 1 amide bonds. The van der Waals surface area contributed by atoms with Gasteiger partial charge in [-0.05, 0) is 0 Å². The van der Waals surface area contributed by atoms with E-state index in [4.69, 9.17) is 5.73 Å². The Morgan fingerprint density at radius 2 is 2.00 bits per heavy atom. The smallest absolute Gasteiger partial charge is 0.253 e. The van der Waals surface area contributed by atoms with Crippen molar-refractivity contribution >= 4 is 11.7 Å². The number of primary amides is 1. The van der Waals surface area contributed by atoms with Crippen LogP contribution < -0.4 is 5.73 Å². The topological polar surface area (TPSA) is 72.6 Å². The Morgan fingerprint density at radius 1 is 1.46 bits per heavy atom. The summed E-state index contributed by atoms with van der Waals surface area (Å²) in [4.78, 5) is 23.6. The van der Waals surface area contributed by atoms with Crippen LogP contribution in [0.3, 0.4) is 0 Å². The van der Waals surface area contributed by atoms with Crippen LogP contribution in [-0.2, 0) is 14.3 Å². The summed E-state index contributed by atoms with van der Waals surface area (Å²) in [6.45, 7) is -0.136. The van der Waals surface area contributed by atoms with Crippen molar-refractivity contribution in [2.24, 2.45) is 5.73 Å². The van der Waals surface area contributed by atoms with Gasteiger partial charge in [-0.2, -0.15) is 0 Å². The van der Waals surface area contributed by atoms with Crippen molar-refractivity contribution in [1.29, 1.82) is 0 Å². The molecule has 0 aromatic heterocycles. The summed E-state index contributed by atoms with van der Waals surface area (Å²) in [6, 6.07) is 0. The molecular weight excluding hydrogens is 172 g/mol. The fraction of sp³-hybridized carbons (Fsp3) is 0.500. The first-order valence-electron chi connectivity index (χ1n) is 3.69. The van der Waals surface area contributed by atoms with Gasteiger partial charge in [-0.15, -0.1) is 0 Å². The lowest BCUT2D eigenvalue weighted by molar-refractivity contribution is -0.123. The van der Waals surface area contributed by atoms with Crippen molar-refractivity contribution in [2.75, 3.05) is 27.8 Å². The van der Waals surface area contributed by atoms with Gasteiger partial charge in [-0.3, -0.25) is 9.59 Å². The van der Waals surface area contributed by atoms with Crippen molar-refractivity contribution in [2.45, 2.75) is 0 Å². The van der Waals surface area contributed by atoms with Gasteiger partial charge in [0, 0.05) is 27.4 Å². The summed E-state index contributed by atoms with van der Waals surface area (Å²) in [7, 11) is 4.78. The molecule has 0 saturated carbocycles. The quantitative estimate of drug-likeness (QED) is 0.344. The molecule has 0 fully saturated rings. The highest BCUT2D eigenvalue weighted by Crippen LogP contribution is 1.97. The first-order valence-corrected chi connectivity index (χ1v) is 3.69. The number of nitrogens with two attached hydrogens (primary N) is 1. The average Bonchev–Trinajstić information content (AvgIpc) is 1.99. The van der Waals surface area contributed by atoms with Gasteiger partial charge in [0.1, 0.15) is 12.2 Å². The number of rotatable bonds is 5. The van der Waals surface area contributed by atoms with Crippen LogP contribution in [0.25, 0.3) is 0 Å². The zero-order chi connectivity index (χ0) is 10.4. The molecule has 5 heteroatoms. The number of hydrogen-bond acceptors (Lipinski definition) is 4. The van der Waals surface area contributed by atoms with E-state index in [1.165, 1.54) is 13.3 Å². The molecular formula is C8H14N2O3. The summed E-state index contributed by atoms with van der Waals surface area (Å²) in [5, 5.41) is 0. The van der Waals surface area contributed by atoms with Crippen molar-refractivity contribution in [3.63, 3.8) is 0 Å². The van der Waals surface area contributed by atoms with Crippen LogP contribution in [0.15, 0.2) is 11.8 Å². The summed E-state index contributed by atoms with van der Waals surface area (Å²) < 4.78 is 4.60. The molecule has 0 rings (SSSR count). The zero-order valence-corrected chi connectivity index (χ0v) is 8.03. The van der Waals surface area contributed by atoms with Crippen LogP contribution in [0.4, 0.5) is 0 Å². The van der Waals surface area contributed by atoms with Gasteiger partial charge in [0.2, 0.25) is 0 Å². The van der Waals surface area contributed by atoms with Gasteiger partial charge in [-0.1, -0.05) is 0 Å². The SMILES string of the molecule is COCC(=O)/C(=C/N(C)C)C(N)=O. The van der Waals surface area contributed by atoms with Crippen LogP contribution in [0.2, 0.25) is 0 Å². The van der Waals surface area contributed by atoms with Gasteiger partial charge < -0.3 is 15.4 Å². The molecule has 2 N–H and O–H groups in total. The predicted octanol–water partition coefficient (Wildman–Crippen LogP) is -0.867. The Bertz CT molecular complexity index is 234. The molecule has 0 radical (unpaired) electrons. The Kier molecular flexibility index (Phi) is 4.76. The van der Waals surface area contributed by atoms with Crippen LogP contribution in [-0.4, -0.2) is 44.4 Å². The normalized spacial score (nSPS) is 11.2. The molecule has 74 valence electrons. The Hall–Kier alpha value is -1.36. The van der Waals surface area contributed by atoms with Gasteiger partial charge >= 0.3 is 0 Å². The number of ketones is 1. The number of Topliss-reactive ketones (excluding diaryl/α,β-unsaturated/α-hetero) is 1. The summed E-state index contributed by atoms with van der Waals surface area (Å²) in [6.07, 6.45) is 1.38. The zero-order valence-electron chi connectivity index (χ0n) is 8.03. The van der Waals surface area contributed by atoms with Crippen molar-refractivity contribution < 1.29 is 14.3 Å². The van der Waals surface area contributed by atoms with E-state index < -0.39 is 11.7 Å². The summed E-state index contributed by atoms with van der Waals surface area (Å²) in [5.41, 5.74) is 4.96. The van der Waals surface area contributed by atoms with Crippen molar-refractivity contribution in [3.8, 4) is 0 Å². The molecule has 0 bridgehead atoms. The van der Waals surface area contributed by atoms with Crippen LogP contribution in [0.1, 0.15) is 0 Å². The summed E-state index contributed by atoms with van der Waals surface area (Å²) in [5.74, 6) is -1.15. The lowest BCUT2D eigenvalue weighted by Crippen LogP contribution is -2.25. The number of ether oxygens (including phenoxy) is 1. The predicted molar refractivity (Wildman–Crippen MR) is 47.8 cm³/mol. The first kappa shape index (κ1) is 11.6. The Balaban J connectivity index is 4.61. The standard InChI is InChI=1S/C8H14N2O3/c1-10(2)4-6(8(9)12)7(11)5-13-3/h4H,5H2,1-3H3,(H2,9,12)/b6-4-. The molecule has 5 nitrogen and oxygen atoms in total. The Labute approximate surface area is 77.1 Å². The molecule has 0 aliphatic heterocycles. The fourth-order valence-corrected chi connectivity index (χ4v) is 0.740. The lowest BCUT2D eigenvalue weighted by atomic mass is 10.2. The summed E-state index contributed by atoms with van der Waals surface area (Å²) >= 11 is 0. The van der Waals surface area contributed by atoms with E-state index >= 15 is 0 Å². The van der Waals surface area contributed by atoms with Gasteiger partial charge in [0.15, 0.2) is 5.78 Å². The van der Waals surface area contributed by atoms with E-state index in [1.54, 1.807) is 19.0 Å². The molecule has 13 heavy (non-hydrogen) atoms. The van der Waals surface area contributed by atoms with Crippen molar-refractivity contribution in [1.82, 2.24) is 4.90 Å². The van der Waals surface area contributed by atoms with E-state index in [2.05, 4.69) is 4.74 Å². The van der Waals surface area contributed by atoms with Crippen LogP contribution >= 0.6 is 0 Å². The van der Waals surface area contributed by atoms with E-state index in [1.807, 2.05) is 0 Å². The molecule has 0 atom stereocenters. The van der Waals surface area contributed by atoms with Gasteiger partial charge in [0.05, 0.1) is 0 Å².